The average Bonchev–Trinajstić information content (AvgIpc) is 2.93. The number of rotatable bonds is 9. The molecule has 36 heavy (non-hydrogen) atoms. The van der Waals surface area contributed by atoms with E-state index in [1.165, 1.54) is 7.11 Å². The van der Waals surface area contributed by atoms with Crippen LogP contribution in [0.4, 0.5) is 4.79 Å². The van der Waals surface area contributed by atoms with Crippen LogP contribution >= 0.6 is 0 Å². The Hall–Kier alpha value is -3.14. The third kappa shape index (κ3) is 8.22. The van der Waals surface area contributed by atoms with Crippen molar-refractivity contribution in [3.05, 3.63) is 35.9 Å². The molecule has 2 saturated heterocycles. The molecule has 0 aromatic heterocycles. The summed E-state index contributed by atoms with van der Waals surface area (Å²) >= 11 is 0. The first-order valence-electron chi connectivity index (χ1n) is 12.7. The van der Waals surface area contributed by atoms with Crippen molar-refractivity contribution in [3.63, 3.8) is 0 Å². The van der Waals surface area contributed by atoms with Gasteiger partial charge in [-0.1, -0.05) is 30.3 Å². The molecule has 3 N–H and O–H groups in total. The van der Waals surface area contributed by atoms with Crippen molar-refractivity contribution in [1.82, 2.24) is 15.1 Å². The zero-order valence-electron chi connectivity index (χ0n) is 21.0. The number of carbonyl (C=O) groups excluding carboxylic acids is 4. The highest BCUT2D eigenvalue weighted by atomic mass is 16.6. The first-order chi connectivity index (χ1) is 17.4. The van der Waals surface area contributed by atoms with Crippen molar-refractivity contribution in [2.24, 2.45) is 17.6 Å². The van der Waals surface area contributed by atoms with Gasteiger partial charge in [0.25, 0.3) is 0 Å². The summed E-state index contributed by atoms with van der Waals surface area (Å²) in [6.45, 7) is 2.56. The van der Waals surface area contributed by atoms with Gasteiger partial charge in [-0.3, -0.25) is 14.4 Å². The molecule has 0 spiro atoms. The molecule has 1 aromatic rings. The molecule has 0 bridgehead atoms. The van der Waals surface area contributed by atoms with Gasteiger partial charge in [0.15, 0.2) is 0 Å². The van der Waals surface area contributed by atoms with Crippen LogP contribution < -0.4 is 11.1 Å². The van der Waals surface area contributed by atoms with E-state index in [9.17, 15) is 19.2 Å². The van der Waals surface area contributed by atoms with E-state index in [1.807, 2.05) is 30.3 Å². The van der Waals surface area contributed by atoms with Crippen LogP contribution in [0.3, 0.4) is 0 Å². The lowest BCUT2D eigenvalue weighted by molar-refractivity contribution is -0.142. The van der Waals surface area contributed by atoms with Gasteiger partial charge >= 0.3 is 12.1 Å². The highest BCUT2D eigenvalue weighted by Gasteiger charge is 2.30. The van der Waals surface area contributed by atoms with Gasteiger partial charge in [0.05, 0.1) is 13.0 Å². The molecule has 198 valence electrons. The number of methoxy groups -OCH3 is 1. The van der Waals surface area contributed by atoms with Crippen molar-refractivity contribution < 1.29 is 28.7 Å². The molecule has 1 aromatic carbocycles. The molecule has 2 aliphatic rings. The molecule has 0 radical (unpaired) electrons. The Labute approximate surface area is 212 Å². The normalized spacial score (nSPS) is 19.3. The van der Waals surface area contributed by atoms with Crippen molar-refractivity contribution in [3.8, 4) is 0 Å². The molecule has 2 heterocycles. The molecule has 2 aliphatic heterocycles. The number of amides is 3. The summed E-state index contributed by atoms with van der Waals surface area (Å²) in [6, 6.07) is 8.70. The fourth-order valence-corrected chi connectivity index (χ4v) is 4.71. The first-order valence-corrected chi connectivity index (χ1v) is 12.7. The average molecular weight is 503 g/mol. The van der Waals surface area contributed by atoms with E-state index in [1.54, 1.807) is 9.80 Å². The Balaban J connectivity index is 1.34. The number of likely N-dealkylation sites (tertiary alicyclic amines) is 2. The second-order valence-electron chi connectivity index (χ2n) is 9.56. The minimum Gasteiger partial charge on any atom is -0.468 e. The topological polar surface area (TPSA) is 131 Å². The van der Waals surface area contributed by atoms with Gasteiger partial charge in [-0.2, -0.15) is 0 Å². The van der Waals surface area contributed by atoms with Crippen molar-refractivity contribution >= 4 is 23.9 Å². The molecular formula is C26H38N4O6. The lowest BCUT2D eigenvalue weighted by atomic mass is 9.91. The summed E-state index contributed by atoms with van der Waals surface area (Å²) < 4.78 is 9.99. The monoisotopic (exact) mass is 502 g/mol. The lowest BCUT2D eigenvalue weighted by Gasteiger charge is -2.34. The molecular weight excluding hydrogens is 464 g/mol. The van der Waals surface area contributed by atoms with Crippen LogP contribution in [-0.4, -0.2) is 79.6 Å². The number of piperidine rings is 2. The Morgan fingerprint density at radius 2 is 1.78 bits per heavy atom. The summed E-state index contributed by atoms with van der Waals surface area (Å²) in [4.78, 5) is 52.6. The van der Waals surface area contributed by atoms with E-state index < -0.39 is 12.0 Å². The van der Waals surface area contributed by atoms with Crippen LogP contribution in [0.1, 0.15) is 44.1 Å². The number of nitrogens with zero attached hydrogens (tertiary/aromatic N) is 2. The molecule has 2 fully saturated rings. The Bertz CT molecular complexity index is 888. The number of nitrogens with two attached hydrogens (primary N) is 1. The van der Waals surface area contributed by atoms with Crippen LogP contribution in [0.15, 0.2) is 30.3 Å². The van der Waals surface area contributed by atoms with Crippen LogP contribution in [0, 0.1) is 11.8 Å². The molecule has 2 atom stereocenters. The Morgan fingerprint density at radius 3 is 2.47 bits per heavy atom. The maximum atomic E-state index is 12.8. The maximum Gasteiger partial charge on any atom is 0.410 e. The zero-order valence-corrected chi connectivity index (χ0v) is 21.0. The van der Waals surface area contributed by atoms with E-state index in [0.29, 0.717) is 44.9 Å². The van der Waals surface area contributed by atoms with Crippen molar-refractivity contribution in [2.45, 2.75) is 51.2 Å². The van der Waals surface area contributed by atoms with Gasteiger partial charge in [-0.05, 0) is 43.6 Å². The molecule has 10 nitrogen and oxygen atoms in total. The SMILES string of the molecule is COC(=O)[C@H](N)CNC(=O)[C@@H]1CCCN(C(=O)CCC2CCN(C(=O)OCc3ccccc3)CC2)C1. The van der Waals surface area contributed by atoms with Gasteiger partial charge in [0.2, 0.25) is 11.8 Å². The number of ether oxygens (including phenoxy) is 2. The van der Waals surface area contributed by atoms with Gasteiger partial charge in [0.1, 0.15) is 12.6 Å². The van der Waals surface area contributed by atoms with Gasteiger partial charge in [0, 0.05) is 39.1 Å². The van der Waals surface area contributed by atoms with E-state index >= 15 is 0 Å². The Kier molecular flexibility index (Phi) is 10.5. The maximum absolute atomic E-state index is 12.8. The minimum atomic E-state index is -0.905. The predicted octanol–water partition coefficient (Wildman–Crippen LogP) is 1.67. The summed E-state index contributed by atoms with van der Waals surface area (Å²) in [5, 5.41) is 2.70. The molecule has 10 heteroatoms. The summed E-state index contributed by atoms with van der Waals surface area (Å²) in [5.74, 6) is -0.638. The lowest BCUT2D eigenvalue weighted by Crippen LogP contribution is -2.49. The van der Waals surface area contributed by atoms with Crippen molar-refractivity contribution in [1.29, 1.82) is 0 Å². The smallest absolute Gasteiger partial charge is 0.410 e. The quantitative estimate of drug-likeness (QED) is 0.491. The van der Waals surface area contributed by atoms with Gasteiger partial charge in [-0.25, -0.2) is 4.79 Å². The number of hydrogen-bond donors (Lipinski definition) is 2. The Morgan fingerprint density at radius 1 is 1.06 bits per heavy atom. The van der Waals surface area contributed by atoms with Gasteiger partial charge < -0.3 is 30.3 Å². The number of hydrogen-bond acceptors (Lipinski definition) is 7. The second kappa shape index (κ2) is 13.8. The van der Waals surface area contributed by atoms with Crippen LogP contribution in [-0.2, 0) is 30.5 Å². The van der Waals surface area contributed by atoms with Crippen LogP contribution in [0.2, 0.25) is 0 Å². The minimum absolute atomic E-state index is 0.00838. The second-order valence-corrected chi connectivity index (χ2v) is 9.56. The van der Waals surface area contributed by atoms with Crippen molar-refractivity contribution in [2.75, 3.05) is 39.8 Å². The predicted molar refractivity (Wildman–Crippen MR) is 132 cm³/mol. The number of benzene rings is 1. The molecule has 3 rings (SSSR count). The van der Waals surface area contributed by atoms with E-state index in [0.717, 1.165) is 31.2 Å². The fourth-order valence-electron chi connectivity index (χ4n) is 4.71. The van der Waals surface area contributed by atoms with Crippen LogP contribution in [0.25, 0.3) is 0 Å². The highest BCUT2D eigenvalue weighted by molar-refractivity contribution is 5.82. The molecule has 0 aliphatic carbocycles. The van der Waals surface area contributed by atoms with E-state index in [-0.39, 0.29) is 37.0 Å². The number of esters is 1. The highest BCUT2D eigenvalue weighted by Crippen LogP contribution is 2.24. The molecule has 0 saturated carbocycles. The third-order valence-corrected chi connectivity index (χ3v) is 6.99. The van der Waals surface area contributed by atoms with E-state index in [2.05, 4.69) is 10.1 Å². The number of nitrogens with one attached hydrogen (secondary N) is 1. The van der Waals surface area contributed by atoms with Gasteiger partial charge in [-0.15, -0.1) is 0 Å². The summed E-state index contributed by atoms with van der Waals surface area (Å²) in [6.07, 6.45) is 4.06. The standard InChI is InChI=1S/C26H38N4O6/c1-35-25(33)22(27)16-28-24(32)21-8-5-13-30(17-21)23(31)10-9-19-11-14-29(15-12-19)26(34)36-18-20-6-3-2-4-7-20/h2-4,6-7,19,21-22H,5,8-18,27H2,1H3,(H,28,32)/t21-,22-/m1/s1. The zero-order chi connectivity index (χ0) is 25.9. The first kappa shape index (κ1) is 27.4. The fraction of sp³-hybridized carbons (Fsp3) is 0.615. The largest absolute Gasteiger partial charge is 0.468 e. The summed E-state index contributed by atoms with van der Waals surface area (Å²) in [5.41, 5.74) is 6.63. The third-order valence-electron chi connectivity index (χ3n) is 6.99. The number of carbonyl (C=O) groups is 4. The van der Waals surface area contributed by atoms with E-state index in [4.69, 9.17) is 10.5 Å². The van der Waals surface area contributed by atoms with Crippen LogP contribution in [0.5, 0.6) is 0 Å². The molecule has 0 unspecified atom stereocenters. The molecule has 3 amide bonds. The summed E-state index contributed by atoms with van der Waals surface area (Å²) in [7, 11) is 1.25.